The minimum atomic E-state index is -0.412. The molecule has 3 aromatic rings. The topological polar surface area (TPSA) is 84.5 Å². The molecule has 0 atom stereocenters. The number of hydrogen-bond donors (Lipinski definition) is 1. The highest BCUT2D eigenvalue weighted by Gasteiger charge is 2.19. The van der Waals surface area contributed by atoms with E-state index in [1.165, 1.54) is 34.3 Å². The van der Waals surface area contributed by atoms with Gasteiger partial charge in [-0.25, -0.2) is 0 Å². The van der Waals surface area contributed by atoms with Crippen LogP contribution in [0.5, 0.6) is 0 Å². The van der Waals surface area contributed by atoms with Gasteiger partial charge in [0.15, 0.2) is 5.76 Å². The summed E-state index contributed by atoms with van der Waals surface area (Å²) in [5.41, 5.74) is 0.551. The summed E-state index contributed by atoms with van der Waals surface area (Å²) < 4.78 is 7.06. The summed E-state index contributed by atoms with van der Waals surface area (Å²) in [7, 11) is 1.53. The molecule has 1 N–H and O–H groups in total. The highest BCUT2D eigenvalue weighted by Crippen LogP contribution is 2.24. The van der Waals surface area contributed by atoms with Crippen LogP contribution in [0.25, 0.3) is 0 Å². The van der Waals surface area contributed by atoms with Gasteiger partial charge in [-0.15, -0.1) is 11.8 Å². The predicted molar refractivity (Wildman–Crippen MR) is 112 cm³/mol. The third-order valence-electron chi connectivity index (χ3n) is 4.21. The van der Waals surface area contributed by atoms with Crippen LogP contribution >= 0.6 is 11.8 Å². The van der Waals surface area contributed by atoms with E-state index in [1.807, 2.05) is 30.5 Å². The van der Waals surface area contributed by atoms with Crippen LogP contribution in [0.4, 0.5) is 5.69 Å². The van der Waals surface area contributed by atoms with E-state index in [1.54, 1.807) is 30.5 Å². The number of rotatable bonds is 7. The van der Waals surface area contributed by atoms with Crippen LogP contribution in [-0.2, 0) is 11.3 Å². The predicted octanol–water partition coefficient (Wildman–Crippen LogP) is 2.92. The molecule has 3 rings (SSSR count). The lowest BCUT2D eigenvalue weighted by Gasteiger charge is -2.16. The van der Waals surface area contributed by atoms with Crippen LogP contribution < -0.4 is 10.9 Å². The summed E-state index contributed by atoms with van der Waals surface area (Å²) in [5.74, 6) is -0.118. The smallest absolute Gasteiger partial charge is 0.289 e. The van der Waals surface area contributed by atoms with Crippen molar-refractivity contribution in [3.63, 3.8) is 0 Å². The lowest BCUT2D eigenvalue weighted by atomic mass is 10.3. The number of carbonyl (C=O) groups is 2. The van der Waals surface area contributed by atoms with E-state index in [0.29, 0.717) is 11.4 Å². The van der Waals surface area contributed by atoms with Crippen molar-refractivity contribution in [1.82, 2.24) is 9.47 Å². The second-order valence-electron chi connectivity index (χ2n) is 6.34. The molecule has 0 saturated heterocycles. The minimum absolute atomic E-state index is 0.115. The molecule has 0 radical (unpaired) electrons. The van der Waals surface area contributed by atoms with Gasteiger partial charge in [0.1, 0.15) is 5.76 Å². The molecule has 0 saturated carbocycles. The number of amides is 2. The molecule has 2 amide bonds. The van der Waals surface area contributed by atoms with Crippen molar-refractivity contribution >= 4 is 29.3 Å². The molecule has 0 aliphatic heterocycles. The number of pyridine rings is 1. The number of aromatic nitrogens is 1. The fraction of sp³-hybridized carbons (Fsp3) is 0.190. The zero-order valence-corrected chi connectivity index (χ0v) is 16.9. The molecular weight excluding hydrogens is 390 g/mol. The Morgan fingerprint density at radius 3 is 2.62 bits per heavy atom. The maximum absolute atomic E-state index is 12.6. The Hall–Kier alpha value is -3.26. The summed E-state index contributed by atoms with van der Waals surface area (Å²) in [6, 6.07) is 15.5. The van der Waals surface area contributed by atoms with Crippen molar-refractivity contribution < 1.29 is 14.0 Å². The average Bonchev–Trinajstić information content (AvgIpc) is 3.18. The number of benzene rings is 1. The molecular formula is C21H21N3O4S. The third kappa shape index (κ3) is 5.17. The fourth-order valence-electron chi connectivity index (χ4n) is 2.75. The molecule has 29 heavy (non-hydrogen) atoms. The van der Waals surface area contributed by atoms with Gasteiger partial charge in [-0.3, -0.25) is 14.4 Å². The summed E-state index contributed by atoms with van der Waals surface area (Å²) in [5, 5.41) is 2.82. The van der Waals surface area contributed by atoms with Crippen molar-refractivity contribution in [3.05, 3.63) is 82.7 Å². The number of furan rings is 1. The standard InChI is InChI=1S/C21H21N3O4S/c1-23(14-19(25)22-16-7-3-4-8-18(16)29-2)21(27)17-11-10-15(28-17)13-24-12-6-5-9-20(24)26/h3-12H,13-14H2,1-2H3,(H,22,25). The number of thioether (sulfide) groups is 1. The van der Waals surface area contributed by atoms with Crippen molar-refractivity contribution in [1.29, 1.82) is 0 Å². The summed E-state index contributed by atoms with van der Waals surface area (Å²) in [4.78, 5) is 38.9. The van der Waals surface area contributed by atoms with Crippen LogP contribution in [0.15, 0.2) is 74.9 Å². The monoisotopic (exact) mass is 411 g/mol. The molecule has 0 unspecified atom stereocenters. The maximum Gasteiger partial charge on any atom is 0.289 e. The van der Waals surface area contributed by atoms with Crippen molar-refractivity contribution in [2.45, 2.75) is 11.4 Å². The SMILES string of the molecule is CSc1ccccc1NC(=O)CN(C)C(=O)c1ccc(Cn2ccccc2=O)o1. The first-order valence-electron chi connectivity index (χ1n) is 8.90. The Kier molecular flexibility index (Phi) is 6.56. The van der Waals surface area contributed by atoms with E-state index >= 15 is 0 Å². The molecule has 8 heteroatoms. The van der Waals surface area contributed by atoms with E-state index in [9.17, 15) is 14.4 Å². The Bertz CT molecular complexity index is 1070. The number of nitrogens with zero attached hydrogens (tertiary/aromatic N) is 2. The van der Waals surface area contributed by atoms with Gasteiger partial charge in [0.05, 0.1) is 18.8 Å². The molecule has 0 aliphatic rings. The maximum atomic E-state index is 12.6. The summed E-state index contributed by atoms with van der Waals surface area (Å²) in [6.45, 7) is 0.109. The molecule has 2 heterocycles. The largest absolute Gasteiger partial charge is 0.454 e. The van der Waals surface area contributed by atoms with Gasteiger partial charge in [-0.1, -0.05) is 18.2 Å². The Morgan fingerprint density at radius 2 is 1.86 bits per heavy atom. The Morgan fingerprint density at radius 1 is 1.10 bits per heavy atom. The van der Waals surface area contributed by atoms with Gasteiger partial charge in [0, 0.05) is 24.2 Å². The highest BCUT2D eigenvalue weighted by atomic mass is 32.2. The second-order valence-corrected chi connectivity index (χ2v) is 7.19. The molecule has 2 aromatic heterocycles. The number of hydrogen-bond acceptors (Lipinski definition) is 5. The van der Waals surface area contributed by atoms with Crippen LogP contribution in [0.2, 0.25) is 0 Å². The first-order valence-corrected chi connectivity index (χ1v) is 10.1. The Balaban J connectivity index is 1.61. The number of nitrogens with one attached hydrogen (secondary N) is 1. The van der Waals surface area contributed by atoms with Crippen LogP contribution in [0.1, 0.15) is 16.3 Å². The van der Waals surface area contributed by atoms with E-state index in [4.69, 9.17) is 4.42 Å². The van der Waals surface area contributed by atoms with Gasteiger partial charge < -0.3 is 19.2 Å². The van der Waals surface area contributed by atoms with E-state index in [-0.39, 0.29) is 30.3 Å². The molecule has 150 valence electrons. The Labute approximate surface area is 172 Å². The summed E-state index contributed by atoms with van der Waals surface area (Å²) in [6.07, 6.45) is 3.58. The molecule has 1 aromatic carbocycles. The molecule has 0 spiro atoms. The molecule has 0 bridgehead atoms. The number of para-hydroxylation sites is 1. The van der Waals surface area contributed by atoms with Crippen LogP contribution in [-0.4, -0.2) is 41.1 Å². The van der Waals surface area contributed by atoms with Crippen LogP contribution in [0.3, 0.4) is 0 Å². The van der Waals surface area contributed by atoms with Crippen molar-refractivity contribution in [2.75, 3.05) is 25.2 Å². The molecule has 7 nitrogen and oxygen atoms in total. The van der Waals surface area contributed by atoms with E-state index in [0.717, 1.165) is 4.90 Å². The van der Waals surface area contributed by atoms with Crippen molar-refractivity contribution in [3.8, 4) is 0 Å². The van der Waals surface area contributed by atoms with E-state index in [2.05, 4.69) is 5.32 Å². The van der Waals surface area contributed by atoms with Gasteiger partial charge in [0.25, 0.3) is 11.5 Å². The van der Waals surface area contributed by atoms with Gasteiger partial charge in [0.2, 0.25) is 5.91 Å². The first-order chi connectivity index (χ1) is 14.0. The summed E-state index contributed by atoms with van der Waals surface area (Å²) >= 11 is 1.53. The third-order valence-corrected chi connectivity index (χ3v) is 5.00. The van der Waals surface area contributed by atoms with Gasteiger partial charge in [-0.05, 0) is 36.6 Å². The first kappa shape index (κ1) is 20.5. The molecule has 0 aliphatic carbocycles. The number of carbonyl (C=O) groups excluding carboxylic acids is 2. The number of likely N-dealkylation sites (N-methyl/N-ethyl adjacent to an activating group) is 1. The highest BCUT2D eigenvalue weighted by molar-refractivity contribution is 7.98. The number of anilines is 1. The molecule has 0 fully saturated rings. The normalized spacial score (nSPS) is 10.6. The fourth-order valence-corrected chi connectivity index (χ4v) is 3.30. The van der Waals surface area contributed by atoms with E-state index < -0.39 is 5.91 Å². The zero-order valence-electron chi connectivity index (χ0n) is 16.1. The lowest BCUT2D eigenvalue weighted by Crippen LogP contribution is -2.34. The van der Waals surface area contributed by atoms with Crippen molar-refractivity contribution in [2.24, 2.45) is 0 Å². The van der Waals surface area contributed by atoms with Crippen LogP contribution in [0, 0.1) is 0 Å². The minimum Gasteiger partial charge on any atom is -0.454 e. The lowest BCUT2D eigenvalue weighted by molar-refractivity contribution is -0.116. The second kappa shape index (κ2) is 9.29. The average molecular weight is 411 g/mol. The quantitative estimate of drug-likeness (QED) is 0.605. The van der Waals surface area contributed by atoms with Gasteiger partial charge >= 0.3 is 0 Å². The van der Waals surface area contributed by atoms with Gasteiger partial charge in [-0.2, -0.15) is 0 Å². The zero-order chi connectivity index (χ0) is 20.8.